The van der Waals surface area contributed by atoms with Crippen LogP contribution in [0.25, 0.3) is 0 Å². The lowest BCUT2D eigenvalue weighted by Gasteiger charge is -2.11. The average molecular weight is 452 g/mol. The van der Waals surface area contributed by atoms with Crippen LogP contribution in [0.3, 0.4) is 0 Å². The number of sulfonamides is 2. The SMILES string of the molecule is O=C(O)c1ccc(S(=O)(=O)Nc2ccc(S(=O)(=O)NC3=NCCCCC3)cc2)cc1. The molecule has 0 aliphatic carbocycles. The zero-order chi connectivity index (χ0) is 21.8. The minimum Gasteiger partial charge on any atom is -0.478 e. The molecular formula is C19H21N3O6S2. The fourth-order valence-corrected chi connectivity index (χ4v) is 5.01. The van der Waals surface area contributed by atoms with Crippen molar-refractivity contribution in [3.8, 4) is 0 Å². The maximum Gasteiger partial charge on any atom is 0.335 e. The summed E-state index contributed by atoms with van der Waals surface area (Å²) in [5.74, 6) is -0.728. The predicted molar refractivity (Wildman–Crippen MR) is 112 cm³/mol. The van der Waals surface area contributed by atoms with Crippen LogP contribution in [0.15, 0.2) is 63.3 Å². The van der Waals surface area contributed by atoms with Crippen LogP contribution in [-0.2, 0) is 20.0 Å². The first-order valence-corrected chi connectivity index (χ1v) is 12.2. The molecule has 0 aromatic heterocycles. The number of carboxylic acid groups (broad SMARTS) is 1. The standard InChI is InChI=1S/C19H21N3O6S2/c23-19(24)14-5-9-16(10-6-14)29(25,26)21-15-7-11-17(12-8-15)30(27,28)22-18-4-2-1-3-13-20-18/h5-12,21H,1-4,13H2,(H,20,22)(H,23,24). The normalized spacial score (nSPS) is 15.0. The fraction of sp³-hybridized carbons (Fsp3) is 0.263. The molecule has 0 amide bonds. The summed E-state index contributed by atoms with van der Waals surface area (Å²) >= 11 is 0. The first-order chi connectivity index (χ1) is 14.2. The number of hydrogen-bond acceptors (Lipinski definition) is 6. The van der Waals surface area contributed by atoms with Crippen LogP contribution in [0.1, 0.15) is 36.0 Å². The van der Waals surface area contributed by atoms with Crippen molar-refractivity contribution in [3.63, 3.8) is 0 Å². The number of carbonyl (C=O) groups is 1. The molecule has 0 bridgehead atoms. The molecule has 11 heteroatoms. The molecule has 1 heterocycles. The van der Waals surface area contributed by atoms with Gasteiger partial charge in [-0.05, 0) is 61.4 Å². The van der Waals surface area contributed by atoms with Gasteiger partial charge in [-0.3, -0.25) is 14.4 Å². The fourth-order valence-electron chi connectivity index (χ4n) is 2.86. The summed E-state index contributed by atoms with van der Waals surface area (Å²) in [6, 6.07) is 10.0. The lowest BCUT2D eigenvalue weighted by Crippen LogP contribution is -2.30. The Labute approximate surface area is 175 Å². The van der Waals surface area contributed by atoms with Gasteiger partial charge in [-0.15, -0.1) is 0 Å². The average Bonchev–Trinajstić information content (AvgIpc) is 2.96. The zero-order valence-electron chi connectivity index (χ0n) is 15.9. The molecule has 3 N–H and O–H groups in total. The van der Waals surface area contributed by atoms with Gasteiger partial charge >= 0.3 is 5.97 Å². The number of nitrogens with one attached hydrogen (secondary N) is 2. The van der Waals surface area contributed by atoms with Crippen LogP contribution < -0.4 is 9.44 Å². The van der Waals surface area contributed by atoms with Crippen molar-refractivity contribution in [2.24, 2.45) is 4.99 Å². The van der Waals surface area contributed by atoms with E-state index in [0.717, 1.165) is 19.3 Å². The Morgan fingerprint density at radius 2 is 1.37 bits per heavy atom. The van der Waals surface area contributed by atoms with E-state index in [1.807, 2.05) is 0 Å². The Bertz CT molecular complexity index is 1160. The van der Waals surface area contributed by atoms with Crippen LogP contribution >= 0.6 is 0 Å². The van der Waals surface area contributed by atoms with Gasteiger partial charge in [0.05, 0.1) is 15.4 Å². The number of anilines is 1. The Morgan fingerprint density at radius 3 is 1.97 bits per heavy atom. The lowest BCUT2D eigenvalue weighted by atomic mass is 10.2. The number of benzene rings is 2. The summed E-state index contributed by atoms with van der Waals surface area (Å²) in [5, 5.41) is 8.90. The van der Waals surface area contributed by atoms with Gasteiger partial charge in [-0.1, -0.05) is 6.42 Å². The molecule has 9 nitrogen and oxygen atoms in total. The third-order valence-electron chi connectivity index (χ3n) is 4.45. The Hall–Kier alpha value is -2.92. The lowest BCUT2D eigenvalue weighted by molar-refractivity contribution is 0.0696. The summed E-state index contributed by atoms with van der Waals surface area (Å²) in [6.07, 6.45) is 3.37. The van der Waals surface area contributed by atoms with Crippen molar-refractivity contribution >= 4 is 37.5 Å². The van der Waals surface area contributed by atoms with E-state index in [1.165, 1.54) is 48.5 Å². The number of aromatic carboxylic acids is 1. The Kier molecular flexibility index (Phi) is 6.42. The number of rotatable bonds is 6. The van der Waals surface area contributed by atoms with Gasteiger partial charge in [0.1, 0.15) is 5.84 Å². The van der Waals surface area contributed by atoms with Crippen molar-refractivity contribution in [1.29, 1.82) is 0 Å². The predicted octanol–water partition coefficient (Wildman–Crippen LogP) is 2.44. The first-order valence-electron chi connectivity index (χ1n) is 9.20. The molecule has 0 radical (unpaired) electrons. The van der Waals surface area contributed by atoms with E-state index >= 15 is 0 Å². The maximum absolute atomic E-state index is 12.5. The second kappa shape index (κ2) is 8.84. The van der Waals surface area contributed by atoms with Crippen molar-refractivity contribution in [3.05, 3.63) is 54.1 Å². The van der Waals surface area contributed by atoms with Gasteiger partial charge in [0.15, 0.2) is 0 Å². The van der Waals surface area contributed by atoms with Gasteiger partial charge in [0.2, 0.25) is 0 Å². The van der Waals surface area contributed by atoms with Crippen LogP contribution in [0.4, 0.5) is 5.69 Å². The number of amidine groups is 1. The maximum atomic E-state index is 12.5. The molecule has 0 atom stereocenters. The number of hydrogen-bond donors (Lipinski definition) is 3. The summed E-state index contributed by atoms with van der Waals surface area (Å²) < 4.78 is 54.8. The van der Waals surface area contributed by atoms with Gasteiger partial charge < -0.3 is 5.11 Å². The second-order valence-corrected chi connectivity index (χ2v) is 10.1. The molecule has 0 spiro atoms. The van der Waals surface area contributed by atoms with Crippen molar-refractivity contribution in [2.75, 3.05) is 11.3 Å². The largest absolute Gasteiger partial charge is 0.478 e. The molecule has 3 rings (SSSR count). The molecule has 2 aromatic rings. The molecule has 0 unspecified atom stereocenters. The van der Waals surface area contributed by atoms with Crippen LogP contribution in [0.2, 0.25) is 0 Å². The molecule has 1 aliphatic heterocycles. The highest BCUT2D eigenvalue weighted by Gasteiger charge is 2.19. The van der Waals surface area contributed by atoms with E-state index in [2.05, 4.69) is 14.4 Å². The highest BCUT2D eigenvalue weighted by atomic mass is 32.2. The summed E-state index contributed by atoms with van der Waals surface area (Å²) in [4.78, 5) is 15.0. The smallest absolute Gasteiger partial charge is 0.335 e. The van der Waals surface area contributed by atoms with E-state index in [0.29, 0.717) is 18.8 Å². The minimum absolute atomic E-state index is 0.0109. The third kappa shape index (κ3) is 5.36. The Morgan fingerprint density at radius 1 is 0.800 bits per heavy atom. The van der Waals surface area contributed by atoms with Crippen molar-refractivity contribution in [1.82, 2.24) is 4.72 Å². The highest BCUT2D eigenvalue weighted by Crippen LogP contribution is 2.19. The molecule has 0 saturated heterocycles. The molecule has 160 valence electrons. The molecule has 0 fully saturated rings. The van der Waals surface area contributed by atoms with E-state index < -0.39 is 26.0 Å². The van der Waals surface area contributed by atoms with Gasteiger partial charge in [0.25, 0.3) is 20.0 Å². The molecule has 0 saturated carbocycles. The second-order valence-electron chi connectivity index (χ2n) is 6.70. The molecule has 2 aromatic carbocycles. The Balaban J connectivity index is 1.73. The van der Waals surface area contributed by atoms with E-state index in [-0.39, 0.29) is 21.0 Å². The van der Waals surface area contributed by atoms with Crippen molar-refractivity contribution < 1.29 is 26.7 Å². The molecular weight excluding hydrogens is 430 g/mol. The quantitative estimate of drug-likeness (QED) is 0.616. The molecule has 30 heavy (non-hydrogen) atoms. The molecule has 1 aliphatic rings. The van der Waals surface area contributed by atoms with Gasteiger partial charge in [-0.25, -0.2) is 21.6 Å². The zero-order valence-corrected chi connectivity index (χ0v) is 17.5. The van der Waals surface area contributed by atoms with E-state index in [9.17, 15) is 21.6 Å². The summed E-state index contributed by atoms with van der Waals surface area (Å²) in [5.41, 5.74) is 0.136. The van der Waals surface area contributed by atoms with Crippen LogP contribution in [0.5, 0.6) is 0 Å². The van der Waals surface area contributed by atoms with Gasteiger partial charge in [-0.2, -0.15) is 0 Å². The number of aliphatic imine (C=N–C) groups is 1. The number of carboxylic acids is 1. The third-order valence-corrected chi connectivity index (χ3v) is 7.25. The number of nitrogens with zero attached hydrogens (tertiary/aromatic N) is 1. The highest BCUT2D eigenvalue weighted by molar-refractivity contribution is 7.92. The topological polar surface area (TPSA) is 142 Å². The van der Waals surface area contributed by atoms with Gasteiger partial charge in [0, 0.05) is 18.7 Å². The van der Waals surface area contributed by atoms with Crippen LogP contribution in [-0.4, -0.2) is 40.3 Å². The first kappa shape index (κ1) is 21.8. The summed E-state index contributed by atoms with van der Waals surface area (Å²) in [6.45, 7) is 0.589. The van der Waals surface area contributed by atoms with E-state index in [4.69, 9.17) is 5.11 Å². The van der Waals surface area contributed by atoms with Crippen LogP contribution in [0, 0.1) is 0 Å². The minimum atomic E-state index is -3.96. The van der Waals surface area contributed by atoms with Crippen molar-refractivity contribution in [2.45, 2.75) is 35.5 Å². The summed E-state index contributed by atoms with van der Waals surface area (Å²) in [7, 11) is -7.77. The monoisotopic (exact) mass is 451 g/mol. The van der Waals surface area contributed by atoms with E-state index in [1.54, 1.807) is 0 Å².